The summed E-state index contributed by atoms with van der Waals surface area (Å²) in [6, 6.07) is 18.0. The van der Waals surface area contributed by atoms with E-state index in [1.54, 1.807) is 11.8 Å². The van der Waals surface area contributed by atoms with E-state index in [-0.39, 0.29) is 17.9 Å². The number of carbonyl (C=O) groups is 1. The Balaban J connectivity index is 1.49. The third kappa shape index (κ3) is 4.60. The third-order valence-electron chi connectivity index (χ3n) is 4.19. The monoisotopic (exact) mass is 342 g/mol. The van der Waals surface area contributed by atoms with E-state index in [4.69, 9.17) is 0 Å². The lowest BCUT2D eigenvalue weighted by Crippen LogP contribution is -2.34. The summed E-state index contributed by atoms with van der Waals surface area (Å²) in [5, 5.41) is 15.8. The van der Waals surface area contributed by atoms with Gasteiger partial charge in [0.05, 0.1) is 6.10 Å². The number of benzene rings is 2. The standard InChI is InChI=1S/C19H22N2O2S/c22-18-12-20-10-16(18)11-21-19(23)15-6-8-17(9-7-15)24-13-14-4-2-1-3-5-14/h1-9,16,18,20,22H,10-13H2,(H,21,23). The molecule has 0 aliphatic carbocycles. The first-order chi connectivity index (χ1) is 11.7. The minimum absolute atomic E-state index is 0.0892. The predicted octanol–water partition coefficient (Wildman–Crippen LogP) is 2.29. The van der Waals surface area contributed by atoms with Crippen LogP contribution in [0.1, 0.15) is 15.9 Å². The first-order valence-corrected chi connectivity index (χ1v) is 9.15. The molecular weight excluding hydrogens is 320 g/mol. The van der Waals surface area contributed by atoms with Gasteiger partial charge in [-0.15, -0.1) is 11.8 Å². The minimum Gasteiger partial charge on any atom is -0.391 e. The molecule has 0 radical (unpaired) electrons. The van der Waals surface area contributed by atoms with Crippen molar-refractivity contribution < 1.29 is 9.90 Å². The van der Waals surface area contributed by atoms with E-state index in [1.807, 2.05) is 42.5 Å². The summed E-state index contributed by atoms with van der Waals surface area (Å²) in [7, 11) is 0. The van der Waals surface area contributed by atoms with Crippen molar-refractivity contribution in [3.63, 3.8) is 0 Å². The normalized spacial score (nSPS) is 20.0. The fourth-order valence-electron chi connectivity index (χ4n) is 2.70. The van der Waals surface area contributed by atoms with Gasteiger partial charge in [0.25, 0.3) is 5.91 Å². The Morgan fingerprint density at radius 1 is 1.12 bits per heavy atom. The number of thioether (sulfide) groups is 1. The van der Waals surface area contributed by atoms with Crippen molar-refractivity contribution in [2.75, 3.05) is 19.6 Å². The average molecular weight is 342 g/mol. The minimum atomic E-state index is -0.373. The van der Waals surface area contributed by atoms with Gasteiger partial charge in [0, 0.05) is 41.8 Å². The second-order valence-corrected chi connectivity index (χ2v) is 7.04. The molecule has 2 aromatic carbocycles. The Bertz CT molecular complexity index is 661. The molecule has 3 N–H and O–H groups in total. The molecule has 2 atom stereocenters. The van der Waals surface area contributed by atoms with Gasteiger partial charge >= 0.3 is 0 Å². The SMILES string of the molecule is O=C(NCC1CNCC1O)c1ccc(SCc2ccccc2)cc1. The van der Waals surface area contributed by atoms with Gasteiger partial charge in [0.15, 0.2) is 0 Å². The zero-order chi connectivity index (χ0) is 16.8. The number of β-amino-alcohol motifs (C(OH)–C–C–N with tert-alkyl or cyclic N) is 1. The first kappa shape index (κ1) is 17.0. The van der Waals surface area contributed by atoms with Crippen LogP contribution in [0, 0.1) is 5.92 Å². The highest BCUT2D eigenvalue weighted by Gasteiger charge is 2.25. The lowest BCUT2D eigenvalue weighted by molar-refractivity contribution is 0.0927. The second-order valence-electron chi connectivity index (χ2n) is 5.99. The number of hydrogen-bond donors (Lipinski definition) is 3. The number of aliphatic hydroxyl groups excluding tert-OH is 1. The van der Waals surface area contributed by atoms with Crippen molar-refractivity contribution in [3.8, 4) is 0 Å². The number of rotatable bonds is 6. The van der Waals surface area contributed by atoms with Gasteiger partial charge in [0.1, 0.15) is 0 Å². The van der Waals surface area contributed by atoms with Gasteiger partial charge in [-0.3, -0.25) is 4.79 Å². The third-order valence-corrected chi connectivity index (χ3v) is 5.28. The molecule has 2 aromatic rings. The van der Waals surface area contributed by atoms with Gasteiger partial charge in [-0.05, 0) is 29.8 Å². The van der Waals surface area contributed by atoms with Crippen molar-refractivity contribution in [2.45, 2.75) is 16.8 Å². The first-order valence-electron chi connectivity index (χ1n) is 8.16. The number of aliphatic hydroxyl groups is 1. The Morgan fingerprint density at radius 2 is 1.88 bits per heavy atom. The zero-order valence-electron chi connectivity index (χ0n) is 13.4. The van der Waals surface area contributed by atoms with Crippen LogP contribution in [0.15, 0.2) is 59.5 Å². The van der Waals surface area contributed by atoms with Crippen molar-refractivity contribution in [3.05, 3.63) is 65.7 Å². The Hall–Kier alpha value is -1.82. The number of carbonyl (C=O) groups excluding carboxylic acids is 1. The maximum Gasteiger partial charge on any atom is 0.251 e. The molecule has 1 fully saturated rings. The van der Waals surface area contributed by atoms with Crippen LogP contribution in [-0.2, 0) is 5.75 Å². The van der Waals surface area contributed by atoms with E-state index in [2.05, 4.69) is 22.8 Å². The zero-order valence-corrected chi connectivity index (χ0v) is 14.3. The van der Waals surface area contributed by atoms with Gasteiger partial charge in [-0.1, -0.05) is 30.3 Å². The Labute approximate surface area is 146 Å². The highest BCUT2D eigenvalue weighted by Crippen LogP contribution is 2.23. The molecule has 2 unspecified atom stereocenters. The molecule has 1 amide bonds. The Morgan fingerprint density at radius 3 is 2.54 bits per heavy atom. The summed E-state index contributed by atoms with van der Waals surface area (Å²) < 4.78 is 0. The van der Waals surface area contributed by atoms with Crippen LogP contribution in [0.5, 0.6) is 0 Å². The van der Waals surface area contributed by atoms with Crippen LogP contribution in [0.4, 0.5) is 0 Å². The molecule has 4 nitrogen and oxygen atoms in total. The van der Waals surface area contributed by atoms with E-state index in [0.717, 1.165) is 17.2 Å². The quantitative estimate of drug-likeness (QED) is 0.705. The summed E-state index contributed by atoms with van der Waals surface area (Å²) >= 11 is 1.75. The van der Waals surface area contributed by atoms with Crippen LogP contribution < -0.4 is 10.6 Å². The van der Waals surface area contributed by atoms with E-state index >= 15 is 0 Å². The van der Waals surface area contributed by atoms with Gasteiger partial charge in [0.2, 0.25) is 0 Å². The van der Waals surface area contributed by atoms with Crippen LogP contribution in [0.2, 0.25) is 0 Å². The summed E-state index contributed by atoms with van der Waals surface area (Å²) in [6.45, 7) is 1.85. The van der Waals surface area contributed by atoms with E-state index < -0.39 is 0 Å². The molecule has 0 aromatic heterocycles. The van der Waals surface area contributed by atoms with E-state index in [9.17, 15) is 9.90 Å². The number of amides is 1. The molecule has 0 bridgehead atoms. The van der Waals surface area contributed by atoms with Gasteiger partial charge in [-0.25, -0.2) is 0 Å². The lowest BCUT2D eigenvalue weighted by atomic mass is 10.1. The smallest absolute Gasteiger partial charge is 0.251 e. The van der Waals surface area contributed by atoms with E-state index in [0.29, 0.717) is 18.7 Å². The maximum absolute atomic E-state index is 12.2. The van der Waals surface area contributed by atoms with Crippen LogP contribution in [0.25, 0.3) is 0 Å². The summed E-state index contributed by atoms with van der Waals surface area (Å²) in [6.07, 6.45) is -0.373. The predicted molar refractivity (Wildman–Crippen MR) is 97.1 cm³/mol. The van der Waals surface area contributed by atoms with Gasteiger partial charge < -0.3 is 15.7 Å². The average Bonchev–Trinajstić information content (AvgIpc) is 3.04. The molecule has 1 heterocycles. The van der Waals surface area contributed by atoms with E-state index in [1.165, 1.54) is 5.56 Å². The molecule has 1 aliphatic rings. The summed E-state index contributed by atoms with van der Waals surface area (Å²) in [5.41, 5.74) is 1.94. The van der Waals surface area contributed by atoms with Crippen LogP contribution in [-0.4, -0.2) is 36.8 Å². The molecule has 0 spiro atoms. The van der Waals surface area contributed by atoms with Crippen molar-refractivity contribution in [1.82, 2.24) is 10.6 Å². The van der Waals surface area contributed by atoms with Gasteiger partial charge in [-0.2, -0.15) is 0 Å². The number of hydrogen-bond acceptors (Lipinski definition) is 4. The fourth-order valence-corrected chi connectivity index (χ4v) is 3.55. The molecular formula is C19H22N2O2S. The highest BCUT2D eigenvalue weighted by atomic mass is 32.2. The topological polar surface area (TPSA) is 61.4 Å². The highest BCUT2D eigenvalue weighted by molar-refractivity contribution is 7.98. The summed E-state index contributed by atoms with van der Waals surface area (Å²) in [5.74, 6) is 0.919. The summed E-state index contributed by atoms with van der Waals surface area (Å²) in [4.78, 5) is 13.3. The molecule has 1 saturated heterocycles. The molecule has 24 heavy (non-hydrogen) atoms. The molecule has 5 heteroatoms. The van der Waals surface area contributed by atoms with Crippen molar-refractivity contribution >= 4 is 17.7 Å². The largest absolute Gasteiger partial charge is 0.391 e. The maximum atomic E-state index is 12.2. The molecule has 126 valence electrons. The molecule has 1 aliphatic heterocycles. The number of nitrogens with one attached hydrogen (secondary N) is 2. The second kappa shape index (κ2) is 8.33. The van der Waals surface area contributed by atoms with Crippen LogP contribution >= 0.6 is 11.8 Å². The van der Waals surface area contributed by atoms with Crippen LogP contribution in [0.3, 0.4) is 0 Å². The van der Waals surface area contributed by atoms with Crippen molar-refractivity contribution in [1.29, 1.82) is 0 Å². The molecule has 3 rings (SSSR count). The van der Waals surface area contributed by atoms with Crippen molar-refractivity contribution in [2.24, 2.45) is 5.92 Å². The fraction of sp³-hybridized carbons (Fsp3) is 0.316. The molecule has 0 saturated carbocycles. The lowest BCUT2D eigenvalue weighted by Gasteiger charge is -2.14. The Kier molecular flexibility index (Phi) is 5.91.